The van der Waals surface area contributed by atoms with Crippen molar-refractivity contribution in [3.8, 4) is 17.0 Å². The fourth-order valence-electron chi connectivity index (χ4n) is 3.92. The number of aryl methyl sites for hydroxylation is 1. The van der Waals surface area contributed by atoms with Crippen LogP contribution in [0.25, 0.3) is 22.2 Å². The van der Waals surface area contributed by atoms with E-state index in [2.05, 4.69) is 10.3 Å². The zero-order chi connectivity index (χ0) is 21.8. The highest BCUT2D eigenvalue weighted by atomic mass is 16.5. The molecule has 0 spiro atoms. The molecule has 1 aliphatic rings. The SMILES string of the molecule is COc1ccc(-c2[nH]c3ccccc3c2CCC(=O)OCC(=O)NC(C)C2CC2)cc1. The number of esters is 1. The minimum absolute atomic E-state index is 0.143. The van der Waals surface area contributed by atoms with E-state index in [1.165, 1.54) is 0 Å². The molecule has 1 heterocycles. The number of nitrogens with one attached hydrogen (secondary N) is 2. The largest absolute Gasteiger partial charge is 0.497 e. The fraction of sp³-hybridized carbons (Fsp3) is 0.360. The lowest BCUT2D eigenvalue weighted by atomic mass is 10.0. The fourth-order valence-corrected chi connectivity index (χ4v) is 3.92. The Morgan fingerprint density at radius 3 is 2.58 bits per heavy atom. The number of carbonyl (C=O) groups excluding carboxylic acids is 2. The van der Waals surface area contributed by atoms with Crippen molar-refractivity contribution in [1.29, 1.82) is 0 Å². The number of carbonyl (C=O) groups is 2. The van der Waals surface area contributed by atoms with E-state index in [1.54, 1.807) is 7.11 Å². The Hall–Kier alpha value is -3.28. The minimum atomic E-state index is -0.375. The molecule has 1 saturated carbocycles. The predicted octanol–water partition coefficient (Wildman–Crippen LogP) is 4.23. The molecule has 162 valence electrons. The van der Waals surface area contributed by atoms with Gasteiger partial charge in [-0.15, -0.1) is 0 Å². The number of benzene rings is 2. The van der Waals surface area contributed by atoms with Crippen LogP contribution in [0.2, 0.25) is 0 Å². The summed E-state index contributed by atoms with van der Waals surface area (Å²) in [5.74, 6) is 0.746. The summed E-state index contributed by atoms with van der Waals surface area (Å²) in [5.41, 5.74) is 4.08. The van der Waals surface area contributed by atoms with Gasteiger partial charge < -0.3 is 19.8 Å². The monoisotopic (exact) mass is 420 g/mol. The van der Waals surface area contributed by atoms with Crippen LogP contribution < -0.4 is 10.1 Å². The van der Waals surface area contributed by atoms with Gasteiger partial charge in [-0.25, -0.2) is 0 Å². The molecule has 31 heavy (non-hydrogen) atoms. The van der Waals surface area contributed by atoms with E-state index in [-0.39, 0.29) is 30.9 Å². The Bertz CT molecular complexity index is 1070. The molecule has 1 unspecified atom stereocenters. The average Bonchev–Trinajstić information content (AvgIpc) is 3.58. The number of amides is 1. The lowest BCUT2D eigenvalue weighted by Crippen LogP contribution is -2.37. The molecule has 0 aliphatic heterocycles. The molecule has 1 fully saturated rings. The first-order valence-corrected chi connectivity index (χ1v) is 10.7. The van der Waals surface area contributed by atoms with Crippen molar-refractivity contribution in [2.45, 2.75) is 38.6 Å². The molecule has 1 aliphatic carbocycles. The molecular weight excluding hydrogens is 392 g/mol. The van der Waals surface area contributed by atoms with Crippen LogP contribution in [0.5, 0.6) is 5.75 Å². The molecule has 4 rings (SSSR count). The second-order valence-electron chi connectivity index (χ2n) is 8.11. The summed E-state index contributed by atoms with van der Waals surface area (Å²) in [6.45, 7) is 1.77. The van der Waals surface area contributed by atoms with Gasteiger partial charge >= 0.3 is 5.97 Å². The van der Waals surface area contributed by atoms with Gasteiger partial charge in [0.1, 0.15) is 5.75 Å². The summed E-state index contributed by atoms with van der Waals surface area (Å²) in [5, 5.41) is 3.98. The van der Waals surface area contributed by atoms with Gasteiger partial charge in [0.15, 0.2) is 6.61 Å². The van der Waals surface area contributed by atoms with Crippen molar-refractivity contribution in [2.75, 3.05) is 13.7 Å². The van der Waals surface area contributed by atoms with Gasteiger partial charge in [0.25, 0.3) is 5.91 Å². The highest BCUT2D eigenvalue weighted by Gasteiger charge is 2.29. The maximum atomic E-state index is 12.3. The summed E-state index contributed by atoms with van der Waals surface area (Å²) in [6.07, 6.45) is 3.03. The summed E-state index contributed by atoms with van der Waals surface area (Å²) < 4.78 is 10.5. The van der Waals surface area contributed by atoms with Crippen molar-refractivity contribution in [1.82, 2.24) is 10.3 Å². The standard InChI is InChI=1S/C25H28N2O4/c1-16(17-7-8-17)26-23(28)15-31-24(29)14-13-21-20-5-3-4-6-22(20)27-25(21)18-9-11-19(30-2)12-10-18/h3-6,9-12,16-17,27H,7-8,13-15H2,1-2H3,(H,26,28). The smallest absolute Gasteiger partial charge is 0.306 e. The number of aromatic amines is 1. The van der Waals surface area contributed by atoms with E-state index < -0.39 is 0 Å². The number of para-hydroxylation sites is 1. The molecule has 1 amide bonds. The zero-order valence-electron chi connectivity index (χ0n) is 17.9. The molecule has 2 aromatic carbocycles. The molecule has 0 bridgehead atoms. The van der Waals surface area contributed by atoms with Gasteiger partial charge in [-0.1, -0.05) is 18.2 Å². The Morgan fingerprint density at radius 1 is 1.13 bits per heavy atom. The van der Waals surface area contributed by atoms with Gasteiger partial charge in [0.05, 0.1) is 7.11 Å². The second-order valence-corrected chi connectivity index (χ2v) is 8.11. The summed E-state index contributed by atoms with van der Waals surface area (Å²) in [4.78, 5) is 27.8. The van der Waals surface area contributed by atoms with Crippen LogP contribution in [0, 0.1) is 5.92 Å². The second kappa shape index (κ2) is 9.25. The Balaban J connectivity index is 1.42. The molecule has 1 atom stereocenters. The van der Waals surface area contributed by atoms with Crippen LogP contribution in [0.3, 0.4) is 0 Å². The summed E-state index contributed by atoms with van der Waals surface area (Å²) in [7, 11) is 1.64. The number of aromatic nitrogens is 1. The van der Waals surface area contributed by atoms with Gasteiger partial charge in [-0.3, -0.25) is 9.59 Å². The third-order valence-electron chi connectivity index (χ3n) is 5.85. The average molecular weight is 421 g/mol. The van der Waals surface area contributed by atoms with E-state index in [9.17, 15) is 9.59 Å². The molecule has 0 saturated heterocycles. The first-order chi connectivity index (χ1) is 15.0. The maximum absolute atomic E-state index is 12.3. The van der Waals surface area contributed by atoms with Crippen LogP contribution in [0.1, 0.15) is 31.7 Å². The van der Waals surface area contributed by atoms with Gasteiger partial charge in [0, 0.05) is 29.1 Å². The summed E-state index contributed by atoms with van der Waals surface area (Å²) in [6, 6.07) is 16.0. The normalized spacial score (nSPS) is 14.3. The number of ether oxygens (including phenoxy) is 2. The van der Waals surface area contributed by atoms with Crippen LogP contribution >= 0.6 is 0 Å². The van der Waals surface area contributed by atoms with Gasteiger partial charge in [-0.2, -0.15) is 0 Å². The topological polar surface area (TPSA) is 80.4 Å². The number of methoxy groups -OCH3 is 1. The van der Waals surface area contributed by atoms with Crippen LogP contribution in [-0.4, -0.2) is 36.6 Å². The zero-order valence-corrected chi connectivity index (χ0v) is 17.9. The molecule has 0 radical (unpaired) electrons. The van der Waals surface area contributed by atoms with Crippen molar-refractivity contribution >= 4 is 22.8 Å². The third-order valence-corrected chi connectivity index (χ3v) is 5.85. The first-order valence-electron chi connectivity index (χ1n) is 10.7. The number of rotatable bonds is 9. The summed E-state index contributed by atoms with van der Waals surface area (Å²) >= 11 is 0. The highest BCUT2D eigenvalue weighted by molar-refractivity contribution is 5.91. The van der Waals surface area contributed by atoms with Crippen molar-refractivity contribution in [3.05, 3.63) is 54.1 Å². The van der Waals surface area contributed by atoms with Crippen molar-refractivity contribution in [2.24, 2.45) is 5.92 Å². The number of hydrogen-bond acceptors (Lipinski definition) is 4. The van der Waals surface area contributed by atoms with E-state index >= 15 is 0 Å². The van der Waals surface area contributed by atoms with Crippen LogP contribution in [0.4, 0.5) is 0 Å². The van der Waals surface area contributed by atoms with Gasteiger partial charge in [0.2, 0.25) is 0 Å². The highest BCUT2D eigenvalue weighted by Crippen LogP contribution is 2.33. The first kappa shape index (κ1) is 21.0. The van der Waals surface area contributed by atoms with E-state index in [4.69, 9.17) is 9.47 Å². The van der Waals surface area contributed by atoms with E-state index in [1.807, 2.05) is 55.5 Å². The lowest BCUT2D eigenvalue weighted by Gasteiger charge is -2.12. The Morgan fingerprint density at radius 2 is 1.87 bits per heavy atom. The number of H-pyrrole nitrogens is 1. The Labute approximate surface area is 181 Å². The van der Waals surface area contributed by atoms with Crippen molar-refractivity contribution in [3.63, 3.8) is 0 Å². The molecule has 6 nitrogen and oxygen atoms in total. The lowest BCUT2D eigenvalue weighted by molar-refractivity contribution is -0.148. The van der Waals surface area contributed by atoms with Crippen LogP contribution in [0.15, 0.2) is 48.5 Å². The Kier molecular flexibility index (Phi) is 6.26. The van der Waals surface area contributed by atoms with Crippen molar-refractivity contribution < 1.29 is 19.1 Å². The molecular formula is C25H28N2O4. The maximum Gasteiger partial charge on any atom is 0.306 e. The van der Waals surface area contributed by atoms with E-state index in [0.717, 1.165) is 46.3 Å². The number of fused-ring (bicyclic) bond motifs is 1. The predicted molar refractivity (Wildman–Crippen MR) is 120 cm³/mol. The third kappa shape index (κ3) is 5.08. The van der Waals surface area contributed by atoms with E-state index in [0.29, 0.717) is 12.3 Å². The van der Waals surface area contributed by atoms with Gasteiger partial charge in [-0.05, 0) is 73.6 Å². The van der Waals surface area contributed by atoms with Crippen LogP contribution in [-0.2, 0) is 20.7 Å². The minimum Gasteiger partial charge on any atom is -0.497 e. The number of hydrogen-bond donors (Lipinski definition) is 2. The molecule has 1 aromatic heterocycles. The molecule has 6 heteroatoms. The molecule has 3 aromatic rings. The molecule has 2 N–H and O–H groups in total. The quantitative estimate of drug-likeness (QED) is 0.508.